The van der Waals surface area contributed by atoms with Crippen LogP contribution in [0.5, 0.6) is 17.5 Å². The van der Waals surface area contributed by atoms with Crippen LogP contribution in [0.2, 0.25) is 0 Å². The van der Waals surface area contributed by atoms with E-state index in [0.717, 1.165) is 51.2 Å². The Kier molecular flexibility index (Phi) is 7.88. The lowest BCUT2D eigenvalue weighted by atomic mass is 10.1. The van der Waals surface area contributed by atoms with E-state index in [9.17, 15) is 0 Å². The number of hydrogen-bond donors (Lipinski definition) is 1. The zero-order valence-corrected chi connectivity index (χ0v) is 22.1. The molecule has 0 unspecified atom stereocenters. The number of nitrogens with zero attached hydrogens (tertiary/aromatic N) is 2. The first kappa shape index (κ1) is 25.3. The zero-order valence-electron chi connectivity index (χ0n) is 22.1. The van der Waals surface area contributed by atoms with E-state index < -0.39 is 0 Å². The highest BCUT2D eigenvalue weighted by molar-refractivity contribution is 5.85. The lowest BCUT2D eigenvalue weighted by Crippen LogP contribution is -2.10. The minimum absolute atomic E-state index is 0.404. The topological polar surface area (TPSA) is 69.3 Å². The lowest BCUT2D eigenvalue weighted by Gasteiger charge is -2.15. The number of rotatable bonds is 11. The summed E-state index contributed by atoms with van der Waals surface area (Å²) in [4.78, 5) is 13.1. The van der Waals surface area contributed by atoms with Crippen molar-refractivity contribution >= 4 is 10.9 Å². The first-order valence-corrected chi connectivity index (χ1v) is 13.0. The van der Waals surface area contributed by atoms with Gasteiger partial charge in [0.2, 0.25) is 11.8 Å². The molecule has 0 aliphatic carbocycles. The minimum atomic E-state index is 0.404. The molecule has 1 N–H and O–H groups in total. The highest BCUT2D eigenvalue weighted by Gasteiger charge is 2.19. The van der Waals surface area contributed by atoms with Crippen molar-refractivity contribution in [2.24, 2.45) is 5.92 Å². The summed E-state index contributed by atoms with van der Waals surface area (Å²) in [6.07, 6.45) is 3.31. The highest BCUT2D eigenvalue weighted by Crippen LogP contribution is 2.30. The van der Waals surface area contributed by atoms with Crippen LogP contribution in [0, 0.1) is 5.92 Å². The molecule has 0 bridgehead atoms. The molecular weight excluding hydrogens is 474 g/mol. The van der Waals surface area contributed by atoms with E-state index in [1.807, 2.05) is 66.9 Å². The highest BCUT2D eigenvalue weighted by atomic mass is 16.5. The van der Waals surface area contributed by atoms with Crippen molar-refractivity contribution in [3.63, 3.8) is 0 Å². The van der Waals surface area contributed by atoms with Crippen molar-refractivity contribution in [3.8, 4) is 17.5 Å². The van der Waals surface area contributed by atoms with Gasteiger partial charge < -0.3 is 19.2 Å². The van der Waals surface area contributed by atoms with Gasteiger partial charge in [0.15, 0.2) is 0 Å². The van der Waals surface area contributed by atoms with E-state index >= 15 is 0 Å². The summed E-state index contributed by atoms with van der Waals surface area (Å²) < 4.78 is 18.0. The number of H-pyrrole nitrogens is 1. The van der Waals surface area contributed by atoms with Gasteiger partial charge in [0.05, 0.1) is 7.11 Å². The normalized spacial score (nSPS) is 11.2. The van der Waals surface area contributed by atoms with E-state index in [1.165, 1.54) is 0 Å². The van der Waals surface area contributed by atoms with Gasteiger partial charge in [-0.25, -0.2) is 9.97 Å². The molecule has 5 aromatic rings. The number of aromatic amines is 1. The lowest BCUT2D eigenvalue weighted by molar-refractivity contribution is 0.282. The van der Waals surface area contributed by atoms with E-state index in [-0.39, 0.29) is 0 Å². The van der Waals surface area contributed by atoms with Crippen LogP contribution >= 0.6 is 0 Å². The summed E-state index contributed by atoms with van der Waals surface area (Å²) in [6.45, 7) is 5.27. The number of aromatic nitrogens is 3. The first-order valence-electron chi connectivity index (χ1n) is 13.0. The van der Waals surface area contributed by atoms with Gasteiger partial charge in [-0.3, -0.25) is 0 Å². The number of hydrogen-bond acceptors (Lipinski definition) is 5. The summed E-state index contributed by atoms with van der Waals surface area (Å²) in [5, 5.41) is 1.08. The quantitative estimate of drug-likeness (QED) is 0.210. The third kappa shape index (κ3) is 6.14. The number of fused-ring (bicyclic) bond motifs is 1. The van der Waals surface area contributed by atoms with Crippen molar-refractivity contribution < 1.29 is 14.2 Å². The van der Waals surface area contributed by atoms with Crippen LogP contribution in [0.1, 0.15) is 41.9 Å². The van der Waals surface area contributed by atoms with Gasteiger partial charge in [0, 0.05) is 23.5 Å². The molecule has 0 saturated heterocycles. The fraction of sp³-hybridized carbons (Fsp3) is 0.250. The Morgan fingerprint density at radius 1 is 0.763 bits per heavy atom. The molecule has 3 aromatic carbocycles. The molecule has 0 aliphatic rings. The van der Waals surface area contributed by atoms with Gasteiger partial charge in [0.1, 0.15) is 30.4 Å². The summed E-state index contributed by atoms with van der Waals surface area (Å²) in [5.41, 5.74) is 5.89. The molecule has 5 rings (SSSR count). The van der Waals surface area contributed by atoms with Crippen LogP contribution in [0.15, 0.2) is 85.1 Å². The maximum atomic E-state index is 6.21. The largest absolute Gasteiger partial charge is 0.489 e. The fourth-order valence-corrected chi connectivity index (χ4v) is 4.42. The summed E-state index contributed by atoms with van der Waals surface area (Å²) >= 11 is 0. The molecule has 0 spiro atoms. The van der Waals surface area contributed by atoms with Crippen LogP contribution in [-0.4, -0.2) is 22.1 Å². The number of methoxy groups -OCH3 is 1. The molecule has 6 nitrogen and oxygen atoms in total. The Morgan fingerprint density at radius 2 is 1.42 bits per heavy atom. The Labute approximate surface area is 223 Å². The van der Waals surface area contributed by atoms with Crippen molar-refractivity contribution in [2.45, 2.75) is 39.9 Å². The first-order chi connectivity index (χ1) is 18.6. The van der Waals surface area contributed by atoms with E-state index in [2.05, 4.69) is 37.0 Å². The van der Waals surface area contributed by atoms with Crippen molar-refractivity contribution in [3.05, 3.63) is 113 Å². The maximum absolute atomic E-state index is 6.21. The molecule has 0 aliphatic heterocycles. The molecule has 0 atom stereocenters. The molecule has 2 aromatic heterocycles. The predicted octanol–water partition coefficient (Wildman–Crippen LogP) is 6.91. The average Bonchev–Trinajstić information content (AvgIpc) is 3.34. The molecule has 194 valence electrons. The molecule has 0 fully saturated rings. The van der Waals surface area contributed by atoms with Crippen LogP contribution in [0.25, 0.3) is 10.9 Å². The van der Waals surface area contributed by atoms with Crippen LogP contribution < -0.4 is 14.2 Å². The van der Waals surface area contributed by atoms with Gasteiger partial charge in [0.25, 0.3) is 0 Å². The minimum Gasteiger partial charge on any atom is -0.489 e. The molecule has 0 amide bonds. The van der Waals surface area contributed by atoms with E-state index in [4.69, 9.17) is 24.2 Å². The molecular formula is C32H33N3O3. The van der Waals surface area contributed by atoms with Crippen molar-refractivity contribution in [1.29, 1.82) is 0 Å². The van der Waals surface area contributed by atoms with Gasteiger partial charge in [-0.15, -0.1) is 0 Å². The zero-order chi connectivity index (χ0) is 26.3. The van der Waals surface area contributed by atoms with Crippen LogP contribution in [0.4, 0.5) is 0 Å². The van der Waals surface area contributed by atoms with E-state index in [1.54, 1.807) is 7.11 Å². The number of benzene rings is 3. The summed E-state index contributed by atoms with van der Waals surface area (Å²) in [6, 6.07) is 26.4. The second-order valence-corrected chi connectivity index (χ2v) is 9.78. The number of nitrogens with one attached hydrogen (secondary N) is 1. The third-order valence-corrected chi connectivity index (χ3v) is 6.33. The Bertz CT molecular complexity index is 1480. The standard InChI is InChI=1S/C32H33N3O3/c1-22(2)16-29-32(38-21-24-12-8-5-9-13-24)35-30(31(34-29)36-3)17-25-19-33-28-15-14-26(18-27(25)28)37-20-23-10-6-4-7-11-23/h4-15,18-19,22,33H,16-17,20-21H2,1-3H3. The van der Waals surface area contributed by atoms with Gasteiger partial charge in [-0.1, -0.05) is 74.5 Å². The predicted molar refractivity (Wildman–Crippen MR) is 150 cm³/mol. The summed E-state index contributed by atoms with van der Waals surface area (Å²) in [5.74, 6) is 2.31. The van der Waals surface area contributed by atoms with Gasteiger partial charge in [-0.2, -0.15) is 0 Å². The van der Waals surface area contributed by atoms with Gasteiger partial charge >= 0.3 is 0 Å². The Hall–Kier alpha value is -4.32. The van der Waals surface area contributed by atoms with Gasteiger partial charge in [-0.05, 0) is 47.2 Å². The number of ether oxygens (including phenoxy) is 3. The van der Waals surface area contributed by atoms with Crippen LogP contribution in [-0.2, 0) is 26.1 Å². The average molecular weight is 508 g/mol. The van der Waals surface area contributed by atoms with Crippen molar-refractivity contribution in [1.82, 2.24) is 15.0 Å². The van der Waals surface area contributed by atoms with Crippen molar-refractivity contribution in [2.75, 3.05) is 7.11 Å². The maximum Gasteiger partial charge on any atom is 0.236 e. The Balaban J connectivity index is 1.42. The SMILES string of the molecule is COc1nc(CC(C)C)c(OCc2ccccc2)nc1Cc1c[nH]c2ccc(OCc3ccccc3)cc12. The second-order valence-electron chi connectivity index (χ2n) is 9.78. The van der Waals surface area contributed by atoms with E-state index in [0.29, 0.717) is 37.3 Å². The summed E-state index contributed by atoms with van der Waals surface area (Å²) in [7, 11) is 1.64. The second kappa shape index (κ2) is 11.8. The monoisotopic (exact) mass is 507 g/mol. The molecule has 0 saturated carbocycles. The third-order valence-electron chi connectivity index (χ3n) is 6.33. The molecule has 38 heavy (non-hydrogen) atoms. The molecule has 6 heteroatoms. The fourth-order valence-electron chi connectivity index (χ4n) is 4.42. The van der Waals surface area contributed by atoms with Crippen LogP contribution in [0.3, 0.4) is 0 Å². The smallest absolute Gasteiger partial charge is 0.236 e. The molecule has 2 heterocycles. The molecule has 0 radical (unpaired) electrons. The Morgan fingerprint density at radius 3 is 2.08 bits per heavy atom.